The van der Waals surface area contributed by atoms with Crippen molar-refractivity contribution in [1.82, 2.24) is 9.97 Å². The number of halogens is 2. The molecular weight excluding hydrogens is 354 g/mol. The lowest BCUT2D eigenvalue weighted by molar-refractivity contribution is 0.0601. The molecule has 0 aliphatic heterocycles. The van der Waals surface area contributed by atoms with Gasteiger partial charge in [-0.25, -0.2) is 18.6 Å². The maximum Gasteiger partial charge on any atom is 0.337 e. The molecule has 0 saturated carbocycles. The maximum atomic E-state index is 13.8. The van der Waals surface area contributed by atoms with Crippen LogP contribution in [0.1, 0.15) is 16.1 Å². The summed E-state index contributed by atoms with van der Waals surface area (Å²) in [5.74, 6) is -1.20. The lowest BCUT2D eigenvalue weighted by atomic mass is 10.2. The minimum atomic E-state index is -0.743. The zero-order chi connectivity index (χ0) is 19.4. The molecule has 0 radical (unpaired) electrons. The second kappa shape index (κ2) is 7.77. The van der Waals surface area contributed by atoms with E-state index in [4.69, 9.17) is 0 Å². The molecule has 0 atom stereocenters. The number of aromatic nitrogens is 2. The van der Waals surface area contributed by atoms with Gasteiger partial charge in [0, 0.05) is 23.5 Å². The first-order valence-corrected chi connectivity index (χ1v) is 7.98. The third kappa shape index (κ3) is 4.55. The second-order valence-electron chi connectivity index (χ2n) is 5.66. The molecule has 27 heavy (non-hydrogen) atoms. The molecule has 0 saturated heterocycles. The highest BCUT2D eigenvalue weighted by atomic mass is 19.1. The largest absolute Gasteiger partial charge is 0.465 e. The zero-order valence-electron chi connectivity index (χ0n) is 14.6. The number of anilines is 4. The van der Waals surface area contributed by atoms with Crippen molar-refractivity contribution in [2.24, 2.45) is 0 Å². The number of aryl methyl sites for hydroxylation is 1. The van der Waals surface area contributed by atoms with E-state index in [-0.39, 0.29) is 11.6 Å². The number of benzene rings is 2. The number of esters is 1. The number of rotatable bonds is 5. The number of carbonyl (C=O) groups is 1. The van der Waals surface area contributed by atoms with Crippen molar-refractivity contribution in [2.45, 2.75) is 6.92 Å². The number of nitrogens with zero attached hydrogens (tertiary/aromatic N) is 2. The van der Waals surface area contributed by atoms with Gasteiger partial charge in [-0.2, -0.15) is 4.98 Å². The standard InChI is InChI=1S/C19H16F2N4O2/c1-11-9-17(23-14-6-3-12(4-7-14)18(26)27-2)25-19(22-11)24-16-8-5-13(20)10-15(16)21/h3-10H,1-2H3,(H2,22,23,24,25). The summed E-state index contributed by atoms with van der Waals surface area (Å²) in [6.45, 7) is 1.76. The highest BCUT2D eigenvalue weighted by molar-refractivity contribution is 5.89. The number of hydrogen-bond acceptors (Lipinski definition) is 6. The number of ether oxygens (including phenoxy) is 1. The Bertz CT molecular complexity index is 978. The lowest BCUT2D eigenvalue weighted by Gasteiger charge is -2.11. The summed E-state index contributed by atoms with van der Waals surface area (Å²) in [5, 5.41) is 5.81. The molecule has 0 bridgehead atoms. The maximum absolute atomic E-state index is 13.8. The Morgan fingerprint density at radius 1 is 1.00 bits per heavy atom. The molecule has 0 aliphatic rings. The molecule has 8 heteroatoms. The quantitative estimate of drug-likeness (QED) is 0.651. The van der Waals surface area contributed by atoms with Crippen molar-refractivity contribution in [2.75, 3.05) is 17.7 Å². The van der Waals surface area contributed by atoms with E-state index in [0.717, 1.165) is 12.1 Å². The number of nitrogens with one attached hydrogen (secondary N) is 2. The van der Waals surface area contributed by atoms with Crippen LogP contribution in [0, 0.1) is 18.6 Å². The summed E-state index contributed by atoms with van der Waals surface area (Å²) in [6, 6.07) is 11.6. The van der Waals surface area contributed by atoms with E-state index in [1.807, 2.05) is 0 Å². The van der Waals surface area contributed by atoms with E-state index < -0.39 is 17.6 Å². The minimum Gasteiger partial charge on any atom is -0.465 e. The van der Waals surface area contributed by atoms with Crippen molar-refractivity contribution in [3.8, 4) is 0 Å². The van der Waals surface area contributed by atoms with Crippen molar-refractivity contribution in [3.63, 3.8) is 0 Å². The van der Waals surface area contributed by atoms with Crippen LogP contribution in [0.2, 0.25) is 0 Å². The van der Waals surface area contributed by atoms with Crippen LogP contribution < -0.4 is 10.6 Å². The van der Waals surface area contributed by atoms with Crippen LogP contribution >= 0.6 is 0 Å². The molecule has 0 aliphatic carbocycles. The van der Waals surface area contributed by atoms with E-state index in [1.54, 1.807) is 37.3 Å². The predicted octanol–water partition coefficient (Wildman–Crippen LogP) is 4.34. The fourth-order valence-electron chi connectivity index (χ4n) is 2.36. The van der Waals surface area contributed by atoms with E-state index in [9.17, 15) is 13.6 Å². The lowest BCUT2D eigenvalue weighted by Crippen LogP contribution is -2.04. The molecular formula is C19H16F2N4O2. The molecule has 1 aromatic heterocycles. The van der Waals surface area contributed by atoms with Gasteiger partial charge >= 0.3 is 5.97 Å². The van der Waals surface area contributed by atoms with Crippen molar-refractivity contribution >= 4 is 29.1 Å². The van der Waals surface area contributed by atoms with Crippen molar-refractivity contribution < 1.29 is 18.3 Å². The Morgan fingerprint density at radius 2 is 1.74 bits per heavy atom. The van der Waals surface area contributed by atoms with Gasteiger partial charge in [0.15, 0.2) is 0 Å². The average molecular weight is 370 g/mol. The Hall–Kier alpha value is -3.55. The summed E-state index contributed by atoms with van der Waals surface area (Å²) in [7, 11) is 1.32. The summed E-state index contributed by atoms with van der Waals surface area (Å²) in [4.78, 5) is 19.9. The molecule has 1 heterocycles. The topological polar surface area (TPSA) is 76.1 Å². The van der Waals surface area contributed by atoms with Gasteiger partial charge in [0.05, 0.1) is 18.4 Å². The number of hydrogen-bond donors (Lipinski definition) is 2. The monoisotopic (exact) mass is 370 g/mol. The Kier molecular flexibility index (Phi) is 5.25. The SMILES string of the molecule is COC(=O)c1ccc(Nc2cc(C)nc(Nc3ccc(F)cc3F)n2)cc1. The number of carbonyl (C=O) groups excluding carboxylic acids is 1. The van der Waals surface area contributed by atoms with Crippen LogP contribution in [-0.4, -0.2) is 23.0 Å². The molecule has 2 aromatic carbocycles. The van der Waals surface area contributed by atoms with Crippen LogP contribution in [0.4, 0.5) is 31.9 Å². The number of methoxy groups -OCH3 is 1. The van der Waals surface area contributed by atoms with Crippen LogP contribution in [0.25, 0.3) is 0 Å². The van der Waals surface area contributed by atoms with Gasteiger partial charge in [-0.15, -0.1) is 0 Å². The third-order valence-corrected chi connectivity index (χ3v) is 3.61. The van der Waals surface area contributed by atoms with Gasteiger partial charge in [-0.05, 0) is 43.3 Å². The fourth-order valence-corrected chi connectivity index (χ4v) is 2.36. The van der Waals surface area contributed by atoms with Crippen LogP contribution in [0.5, 0.6) is 0 Å². The molecule has 138 valence electrons. The highest BCUT2D eigenvalue weighted by Crippen LogP contribution is 2.22. The van der Waals surface area contributed by atoms with Crippen molar-refractivity contribution in [1.29, 1.82) is 0 Å². The smallest absolute Gasteiger partial charge is 0.337 e. The Balaban J connectivity index is 1.79. The Labute approximate surface area is 154 Å². The van der Waals surface area contributed by atoms with E-state index >= 15 is 0 Å². The van der Waals surface area contributed by atoms with Crippen LogP contribution in [0.3, 0.4) is 0 Å². The van der Waals surface area contributed by atoms with Gasteiger partial charge in [-0.1, -0.05) is 0 Å². The minimum absolute atomic E-state index is 0.0652. The first-order chi connectivity index (χ1) is 12.9. The van der Waals surface area contributed by atoms with Crippen LogP contribution in [-0.2, 0) is 4.74 Å². The highest BCUT2D eigenvalue weighted by Gasteiger charge is 2.09. The van der Waals surface area contributed by atoms with Gasteiger partial charge in [0.2, 0.25) is 5.95 Å². The summed E-state index contributed by atoms with van der Waals surface area (Å²) in [6.07, 6.45) is 0. The van der Waals surface area contributed by atoms with Crippen molar-refractivity contribution in [3.05, 3.63) is 71.4 Å². The molecule has 3 rings (SSSR count). The summed E-state index contributed by atoms with van der Waals surface area (Å²) >= 11 is 0. The average Bonchev–Trinajstić information content (AvgIpc) is 2.63. The molecule has 6 nitrogen and oxygen atoms in total. The molecule has 0 fully saturated rings. The normalized spacial score (nSPS) is 10.4. The Morgan fingerprint density at radius 3 is 2.41 bits per heavy atom. The first-order valence-electron chi connectivity index (χ1n) is 7.98. The van der Waals surface area contributed by atoms with Gasteiger partial charge in [0.25, 0.3) is 0 Å². The van der Waals surface area contributed by atoms with E-state index in [0.29, 0.717) is 22.8 Å². The molecule has 2 N–H and O–H groups in total. The summed E-state index contributed by atoms with van der Waals surface area (Å²) < 4.78 is 31.5. The molecule has 0 amide bonds. The van der Waals surface area contributed by atoms with E-state index in [1.165, 1.54) is 13.2 Å². The third-order valence-electron chi connectivity index (χ3n) is 3.61. The predicted molar refractivity (Wildman–Crippen MR) is 97.5 cm³/mol. The summed E-state index contributed by atoms with van der Waals surface area (Å²) in [5.41, 5.74) is 1.83. The second-order valence-corrected chi connectivity index (χ2v) is 5.66. The molecule has 3 aromatic rings. The van der Waals surface area contributed by atoms with Gasteiger partial charge < -0.3 is 15.4 Å². The van der Waals surface area contributed by atoms with Crippen LogP contribution in [0.15, 0.2) is 48.5 Å². The van der Waals surface area contributed by atoms with E-state index in [2.05, 4.69) is 25.3 Å². The van der Waals surface area contributed by atoms with Gasteiger partial charge in [-0.3, -0.25) is 0 Å². The zero-order valence-corrected chi connectivity index (χ0v) is 14.6. The molecule has 0 spiro atoms. The first kappa shape index (κ1) is 18.2. The molecule has 0 unspecified atom stereocenters. The van der Waals surface area contributed by atoms with Gasteiger partial charge in [0.1, 0.15) is 17.5 Å². The fraction of sp³-hybridized carbons (Fsp3) is 0.105.